The second kappa shape index (κ2) is 5.26. The van der Waals surface area contributed by atoms with Gasteiger partial charge in [-0.05, 0) is 24.5 Å². The fourth-order valence-electron chi connectivity index (χ4n) is 2.61. The molecule has 1 aromatic carbocycles. The number of carbonyl (C=O) groups is 1. The lowest BCUT2D eigenvalue weighted by molar-refractivity contribution is 0.0690. The third kappa shape index (κ3) is 2.24. The van der Waals surface area contributed by atoms with Gasteiger partial charge in [-0.2, -0.15) is 5.10 Å². The number of aryl methyl sites for hydroxylation is 1. The van der Waals surface area contributed by atoms with Gasteiger partial charge in [0.2, 0.25) is 0 Å². The molecular weight excluding hydrogens is 278 g/mol. The highest BCUT2D eigenvalue weighted by Crippen LogP contribution is 2.29. The van der Waals surface area contributed by atoms with Crippen molar-refractivity contribution in [3.63, 3.8) is 0 Å². The van der Waals surface area contributed by atoms with E-state index in [1.54, 1.807) is 10.6 Å². The van der Waals surface area contributed by atoms with Gasteiger partial charge in [-0.25, -0.2) is 14.3 Å². The van der Waals surface area contributed by atoms with Crippen molar-refractivity contribution in [2.45, 2.75) is 26.7 Å². The minimum Gasteiger partial charge on any atom is -0.477 e. The first kappa shape index (κ1) is 14.3. The number of nitrogens with zero attached hydrogens (tertiary/aromatic N) is 3. The van der Waals surface area contributed by atoms with Crippen LogP contribution in [0, 0.1) is 6.92 Å². The molecule has 0 radical (unpaired) electrons. The Morgan fingerprint density at radius 2 is 1.91 bits per heavy atom. The van der Waals surface area contributed by atoms with Crippen LogP contribution < -0.4 is 0 Å². The first-order valence-corrected chi connectivity index (χ1v) is 7.18. The van der Waals surface area contributed by atoms with Gasteiger partial charge in [-0.15, -0.1) is 0 Å². The van der Waals surface area contributed by atoms with Crippen molar-refractivity contribution in [3.05, 3.63) is 53.5 Å². The third-order valence-corrected chi connectivity index (χ3v) is 3.66. The predicted octanol–water partition coefficient (Wildman–Crippen LogP) is 3.53. The average Bonchev–Trinajstić information content (AvgIpc) is 2.82. The summed E-state index contributed by atoms with van der Waals surface area (Å²) in [6, 6.07) is 11.4. The molecule has 0 bridgehead atoms. The normalized spacial score (nSPS) is 11.3. The molecule has 0 atom stereocenters. The third-order valence-electron chi connectivity index (χ3n) is 3.66. The van der Waals surface area contributed by atoms with Crippen molar-refractivity contribution in [1.29, 1.82) is 0 Å². The van der Waals surface area contributed by atoms with E-state index in [1.807, 2.05) is 51.1 Å². The molecule has 1 N–H and O–H groups in total. The van der Waals surface area contributed by atoms with Crippen LogP contribution in [0.25, 0.3) is 16.8 Å². The molecule has 3 aromatic rings. The molecule has 112 valence electrons. The number of aromatic nitrogens is 3. The molecule has 22 heavy (non-hydrogen) atoms. The summed E-state index contributed by atoms with van der Waals surface area (Å²) in [4.78, 5) is 15.7. The fraction of sp³-hybridized carbons (Fsp3) is 0.235. The summed E-state index contributed by atoms with van der Waals surface area (Å²) >= 11 is 0. The van der Waals surface area contributed by atoms with Crippen LogP contribution in [0.3, 0.4) is 0 Å². The van der Waals surface area contributed by atoms with Crippen LogP contribution in [0.15, 0.2) is 36.4 Å². The molecule has 0 spiro atoms. The lowest BCUT2D eigenvalue weighted by Crippen LogP contribution is -2.09. The summed E-state index contributed by atoms with van der Waals surface area (Å²) in [6.07, 6.45) is 0. The number of rotatable bonds is 3. The summed E-state index contributed by atoms with van der Waals surface area (Å²) < 4.78 is 1.76. The second-order valence-electron chi connectivity index (χ2n) is 5.59. The van der Waals surface area contributed by atoms with E-state index in [0.717, 1.165) is 22.5 Å². The Morgan fingerprint density at radius 1 is 1.23 bits per heavy atom. The van der Waals surface area contributed by atoms with Gasteiger partial charge in [-0.1, -0.05) is 44.2 Å². The van der Waals surface area contributed by atoms with Crippen molar-refractivity contribution in [2.24, 2.45) is 0 Å². The van der Waals surface area contributed by atoms with Crippen LogP contribution in [-0.4, -0.2) is 25.7 Å². The van der Waals surface area contributed by atoms with Crippen molar-refractivity contribution < 1.29 is 9.90 Å². The highest BCUT2D eigenvalue weighted by Gasteiger charge is 2.19. The molecule has 0 saturated heterocycles. The number of hydrogen-bond acceptors (Lipinski definition) is 3. The molecule has 0 unspecified atom stereocenters. The van der Waals surface area contributed by atoms with Crippen molar-refractivity contribution in [3.8, 4) is 11.1 Å². The van der Waals surface area contributed by atoms with E-state index in [9.17, 15) is 9.90 Å². The van der Waals surface area contributed by atoms with Crippen LogP contribution in [0.2, 0.25) is 0 Å². The summed E-state index contributed by atoms with van der Waals surface area (Å²) in [5.74, 6) is -0.881. The summed E-state index contributed by atoms with van der Waals surface area (Å²) in [5.41, 5.74) is 4.18. The highest BCUT2D eigenvalue weighted by atomic mass is 16.4. The molecule has 0 fully saturated rings. The number of benzene rings is 1. The maximum atomic E-state index is 11.4. The summed E-state index contributed by atoms with van der Waals surface area (Å²) in [5, 5.41) is 13.9. The highest BCUT2D eigenvalue weighted by molar-refractivity contribution is 5.88. The van der Waals surface area contributed by atoms with Crippen LogP contribution in [0.4, 0.5) is 0 Å². The minimum absolute atomic E-state index is 0.0493. The van der Waals surface area contributed by atoms with E-state index in [-0.39, 0.29) is 11.6 Å². The van der Waals surface area contributed by atoms with Gasteiger partial charge in [0.25, 0.3) is 0 Å². The fourth-order valence-corrected chi connectivity index (χ4v) is 2.61. The van der Waals surface area contributed by atoms with Gasteiger partial charge in [-0.3, -0.25) is 0 Å². The maximum absolute atomic E-state index is 11.4. The Morgan fingerprint density at radius 3 is 2.50 bits per heavy atom. The van der Waals surface area contributed by atoms with Crippen LogP contribution in [0.5, 0.6) is 0 Å². The van der Waals surface area contributed by atoms with Gasteiger partial charge >= 0.3 is 5.97 Å². The largest absolute Gasteiger partial charge is 0.477 e. The van der Waals surface area contributed by atoms with E-state index in [2.05, 4.69) is 10.1 Å². The maximum Gasteiger partial charge on any atom is 0.354 e. The standard InChI is InChI=1S/C17H17N3O2/c1-10(2)14-9-13(17(21)22)18-16-15(11(3)19-20(14)16)12-7-5-4-6-8-12/h4-10H,1-3H3,(H,21,22). The van der Waals surface area contributed by atoms with E-state index >= 15 is 0 Å². The number of aromatic carboxylic acids is 1. The molecule has 0 aliphatic carbocycles. The van der Waals surface area contributed by atoms with Gasteiger partial charge in [0.1, 0.15) is 0 Å². The first-order chi connectivity index (χ1) is 10.5. The molecule has 0 saturated carbocycles. The molecule has 0 amide bonds. The minimum atomic E-state index is -1.03. The molecule has 2 aromatic heterocycles. The van der Waals surface area contributed by atoms with Crippen LogP contribution >= 0.6 is 0 Å². The zero-order chi connectivity index (χ0) is 15.9. The van der Waals surface area contributed by atoms with E-state index in [4.69, 9.17) is 0 Å². The predicted molar refractivity (Wildman–Crippen MR) is 84.2 cm³/mol. The van der Waals surface area contributed by atoms with Gasteiger partial charge in [0, 0.05) is 11.3 Å². The van der Waals surface area contributed by atoms with Gasteiger partial charge in [0.05, 0.1) is 5.69 Å². The van der Waals surface area contributed by atoms with E-state index in [1.165, 1.54) is 0 Å². The lowest BCUT2D eigenvalue weighted by Gasteiger charge is -2.09. The van der Waals surface area contributed by atoms with E-state index < -0.39 is 5.97 Å². The monoisotopic (exact) mass is 295 g/mol. The molecule has 3 rings (SSSR count). The van der Waals surface area contributed by atoms with E-state index in [0.29, 0.717) is 5.65 Å². The number of fused-ring (bicyclic) bond motifs is 1. The van der Waals surface area contributed by atoms with Gasteiger partial charge < -0.3 is 5.11 Å². The van der Waals surface area contributed by atoms with Crippen LogP contribution in [0.1, 0.15) is 41.6 Å². The molecule has 0 aliphatic rings. The molecular formula is C17H17N3O2. The molecule has 2 heterocycles. The zero-order valence-electron chi connectivity index (χ0n) is 12.7. The van der Waals surface area contributed by atoms with Crippen molar-refractivity contribution in [2.75, 3.05) is 0 Å². The van der Waals surface area contributed by atoms with Crippen molar-refractivity contribution in [1.82, 2.24) is 14.6 Å². The second-order valence-corrected chi connectivity index (χ2v) is 5.59. The van der Waals surface area contributed by atoms with Crippen molar-refractivity contribution >= 4 is 11.6 Å². The number of carboxylic acids is 1. The molecule has 5 heteroatoms. The quantitative estimate of drug-likeness (QED) is 0.802. The number of hydrogen-bond donors (Lipinski definition) is 1. The Hall–Kier alpha value is -2.69. The summed E-state index contributed by atoms with van der Waals surface area (Å²) in [6.45, 7) is 5.95. The zero-order valence-corrected chi connectivity index (χ0v) is 12.7. The Balaban J connectivity index is 2.39. The van der Waals surface area contributed by atoms with Gasteiger partial charge in [0.15, 0.2) is 11.3 Å². The first-order valence-electron chi connectivity index (χ1n) is 7.18. The number of carboxylic acid groups (broad SMARTS) is 1. The smallest absolute Gasteiger partial charge is 0.354 e. The average molecular weight is 295 g/mol. The molecule has 0 aliphatic heterocycles. The summed E-state index contributed by atoms with van der Waals surface area (Å²) in [7, 11) is 0. The van der Waals surface area contributed by atoms with Crippen LogP contribution in [-0.2, 0) is 0 Å². The SMILES string of the molecule is Cc1nn2c(C(C)C)cc(C(=O)O)nc2c1-c1ccccc1. The Kier molecular flexibility index (Phi) is 3.41. The Labute approximate surface area is 128 Å². The lowest BCUT2D eigenvalue weighted by atomic mass is 10.1. The topological polar surface area (TPSA) is 67.5 Å². The molecule has 5 nitrogen and oxygen atoms in total. The Bertz CT molecular complexity index is 851.